The van der Waals surface area contributed by atoms with Crippen molar-refractivity contribution in [3.63, 3.8) is 0 Å². The lowest BCUT2D eigenvalue weighted by Crippen LogP contribution is -2.36. The number of nitrogens with zero attached hydrogens (tertiary/aromatic N) is 4. The molecule has 136 valence electrons. The van der Waals surface area contributed by atoms with Gasteiger partial charge in [0.05, 0.1) is 19.3 Å². The number of hydrogen-bond acceptors (Lipinski definition) is 5. The summed E-state index contributed by atoms with van der Waals surface area (Å²) >= 11 is 0. The maximum absolute atomic E-state index is 12.0. The first-order chi connectivity index (χ1) is 11.7. The molecule has 0 aliphatic carbocycles. The van der Waals surface area contributed by atoms with E-state index in [1.165, 1.54) is 32.2 Å². The molecule has 0 radical (unpaired) electrons. The van der Waals surface area contributed by atoms with E-state index in [1.54, 1.807) is 18.0 Å². The number of hydrogen-bond donors (Lipinski definition) is 1. The zero-order chi connectivity index (χ0) is 17.4. The van der Waals surface area contributed by atoms with Gasteiger partial charge in [0.25, 0.3) is 5.91 Å². The Morgan fingerprint density at radius 3 is 2.96 bits per heavy atom. The first kappa shape index (κ1) is 18.9. The van der Waals surface area contributed by atoms with Gasteiger partial charge in [-0.25, -0.2) is 0 Å². The Hall–Kier alpha value is -1.47. The molecule has 0 unspecified atom stereocenters. The highest BCUT2D eigenvalue weighted by Crippen LogP contribution is 2.22. The summed E-state index contributed by atoms with van der Waals surface area (Å²) < 4.78 is 6.73. The van der Waals surface area contributed by atoms with Gasteiger partial charge in [-0.2, -0.15) is 0 Å². The molecule has 1 amide bonds. The third-order valence-corrected chi connectivity index (χ3v) is 4.91. The minimum atomic E-state index is -0.196. The van der Waals surface area contributed by atoms with Crippen LogP contribution in [0.5, 0.6) is 0 Å². The summed E-state index contributed by atoms with van der Waals surface area (Å²) in [6.45, 7) is 8.65. The van der Waals surface area contributed by atoms with Crippen molar-refractivity contribution in [3.8, 4) is 0 Å². The first-order valence-electron chi connectivity index (χ1n) is 9.09. The summed E-state index contributed by atoms with van der Waals surface area (Å²) in [6, 6.07) is 0.497. The molecule has 1 aliphatic rings. The molecule has 0 saturated carbocycles. The van der Waals surface area contributed by atoms with Crippen LogP contribution in [0, 0.1) is 5.92 Å². The largest absolute Gasteiger partial charge is 0.383 e. The molecule has 24 heavy (non-hydrogen) atoms. The van der Waals surface area contributed by atoms with Crippen molar-refractivity contribution in [2.75, 3.05) is 33.4 Å². The molecule has 7 nitrogen and oxygen atoms in total. The maximum Gasteiger partial charge on any atom is 0.273 e. The van der Waals surface area contributed by atoms with E-state index in [-0.39, 0.29) is 5.91 Å². The van der Waals surface area contributed by atoms with Gasteiger partial charge in [-0.3, -0.25) is 14.4 Å². The first-order valence-corrected chi connectivity index (χ1v) is 9.09. The molecule has 2 rings (SSSR count). The van der Waals surface area contributed by atoms with Gasteiger partial charge >= 0.3 is 0 Å². The van der Waals surface area contributed by atoms with Crippen molar-refractivity contribution in [2.24, 2.45) is 5.92 Å². The quantitative estimate of drug-likeness (QED) is 0.656. The Morgan fingerprint density at radius 1 is 1.46 bits per heavy atom. The van der Waals surface area contributed by atoms with Crippen molar-refractivity contribution in [1.82, 2.24) is 25.2 Å². The summed E-state index contributed by atoms with van der Waals surface area (Å²) in [5, 5.41) is 10.9. The normalized spacial score (nSPS) is 18.4. The Balaban J connectivity index is 1.87. The third kappa shape index (κ3) is 5.27. The lowest BCUT2D eigenvalue weighted by Gasteiger charge is -2.27. The van der Waals surface area contributed by atoms with Crippen molar-refractivity contribution < 1.29 is 9.53 Å². The number of nitrogens with one attached hydrogen (secondary N) is 1. The van der Waals surface area contributed by atoms with Crippen LogP contribution < -0.4 is 5.32 Å². The predicted molar refractivity (Wildman–Crippen MR) is 92.9 cm³/mol. The fourth-order valence-electron chi connectivity index (χ4n) is 3.29. The molecular weight excluding hydrogens is 306 g/mol. The van der Waals surface area contributed by atoms with E-state index in [1.807, 2.05) is 0 Å². The molecule has 2 heterocycles. The average molecular weight is 337 g/mol. The van der Waals surface area contributed by atoms with E-state index in [0.717, 1.165) is 19.0 Å². The van der Waals surface area contributed by atoms with Gasteiger partial charge < -0.3 is 10.1 Å². The number of carbonyl (C=O) groups excluding carboxylic acids is 1. The van der Waals surface area contributed by atoms with Crippen LogP contribution in [0.2, 0.25) is 0 Å². The van der Waals surface area contributed by atoms with Crippen LogP contribution in [-0.4, -0.2) is 65.2 Å². The smallest absolute Gasteiger partial charge is 0.273 e. The molecule has 1 saturated heterocycles. The molecule has 0 aromatic carbocycles. The van der Waals surface area contributed by atoms with Gasteiger partial charge in [0.15, 0.2) is 5.69 Å². The summed E-state index contributed by atoms with van der Waals surface area (Å²) in [7, 11) is 1.61. The summed E-state index contributed by atoms with van der Waals surface area (Å²) in [6.07, 6.45) is 6.64. The van der Waals surface area contributed by atoms with Gasteiger partial charge in [0.1, 0.15) is 0 Å². The number of carbonyl (C=O) groups is 1. The van der Waals surface area contributed by atoms with E-state index >= 15 is 0 Å². The van der Waals surface area contributed by atoms with E-state index in [9.17, 15) is 4.79 Å². The molecule has 1 atom stereocenters. The molecule has 0 spiro atoms. The van der Waals surface area contributed by atoms with Crippen LogP contribution in [0.15, 0.2) is 6.20 Å². The van der Waals surface area contributed by atoms with Crippen LogP contribution in [-0.2, 0) is 11.3 Å². The zero-order valence-electron chi connectivity index (χ0n) is 15.2. The standard InChI is InChI=1S/C17H31N5O2/c1-4-14(5-2)11-21-9-6-7-15(21)12-22-13-16(19-20-22)17(23)18-8-10-24-3/h13-15H,4-12H2,1-3H3,(H,18,23)/t15-/m0/s1. The Bertz CT molecular complexity index is 501. The predicted octanol–water partition coefficient (Wildman–Crippen LogP) is 1.55. The average Bonchev–Trinajstić information content (AvgIpc) is 3.23. The van der Waals surface area contributed by atoms with E-state index in [0.29, 0.717) is 24.9 Å². The highest BCUT2D eigenvalue weighted by atomic mass is 16.5. The molecular formula is C17H31N5O2. The minimum Gasteiger partial charge on any atom is -0.383 e. The Kier molecular flexibility index (Phi) is 7.65. The third-order valence-electron chi connectivity index (χ3n) is 4.91. The van der Waals surface area contributed by atoms with Gasteiger partial charge in [0, 0.05) is 26.2 Å². The van der Waals surface area contributed by atoms with Gasteiger partial charge in [-0.15, -0.1) is 5.10 Å². The number of rotatable bonds is 10. The van der Waals surface area contributed by atoms with Crippen molar-refractivity contribution in [1.29, 1.82) is 0 Å². The minimum absolute atomic E-state index is 0.196. The molecule has 1 fully saturated rings. The van der Waals surface area contributed by atoms with Gasteiger partial charge in [-0.1, -0.05) is 31.9 Å². The van der Waals surface area contributed by atoms with Crippen molar-refractivity contribution in [2.45, 2.75) is 52.1 Å². The highest BCUT2D eigenvalue weighted by molar-refractivity contribution is 5.91. The maximum atomic E-state index is 12.0. The fourth-order valence-corrected chi connectivity index (χ4v) is 3.29. The van der Waals surface area contributed by atoms with Gasteiger partial charge in [-0.05, 0) is 25.3 Å². The summed E-state index contributed by atoms with van der Waals surface area (Å²) in [5.74, 6) is 0.571. The number of amides is 1. The molecule has 1 aliphatic heterocycles. The fraction of sp³-hybridized carbons (Fsp3) is 0.824. The number of methoxy groups -OCH3 is 1. The Morgan fingerprint density at radius 2 is 2.25 bits per heavy atom. The second-order valence-corrected chi connectivity index (χ2v) is 6.55. The summed E-state index contributed by atoms with van der Waals surface area (Å²) in [5.41, 5.74) is 0.371. The number of likely N-dealkylation sites (tertiary alicyclic amines) is 1. The van der Waals surface area contributed by atoms with E-state index < -0.39 is 0 Å². The lowest BCUT2D eigenvalue weighted by atomic mass is 10.0. The summed E-state index contributed by atoms with van der Waals surface area (Å²) in [4.78, 5) is 14.5. The number of aromatic nitrogens is 3. The van der Waals surface area contributed by atoms with E-state index in [4.69, 9.17) is 4.74 Å². The lowest BCUT2D eigenvalue weighted by molar-refractivity contribution is 0.0932. The van der Waals surface area contributed by atoms with Crippen LogP contribution in [0.1, 0.15) is 50.0 Å². The molecule has 1 N–H and O–H groups in total. The highest BCUT2D eigenvalue weighted by Gasteiger charge is 2.26. The Labute approximate surface area is 144 Å². The van der Waals surface area contributed by atoms with Crippen LogP contribution in [0.25, 0.3) is 0 Å². The molecule has 0 bridgehead atoms. The molecule has 7 heteroatoms. The van der Waals surface area contributed by atoms with Gasteiger partial charge in [0.2, 0.25) is 0 Å². The van der Waals surface area contributed by atoms with Crippen LogP contribution in [0.4, 0.5) is 0 Å². The van der Waals surface area contributed by atoms with Crippen molar-refractivity contribution in [3.05, 3.63) is 11.9 Å². The molecule has 1 aromatic heterocycles. The second kappa shape index (κ2) is 9.74. The topological polar surface area (TPSA) is 72.3 Å². The van der Waals surface area contributed by atoms with Crippen LogP contribution >= 0.6 is 0 Å². The number of ether oxygens (including phenoxy) is 1. The van der Waals surface area contributed by atoms with Crippen molar-refractivity contribution >= 4 is 5.91 Å². The van der Waals surface area contributed by atoms with Crippen LogP contribution in [0.3, 0.4) is 0 Å². The SMILES string of the molecule is CCC(CC)CN1CCC[C@H]1Cn1cc(C(=O)NCCOC)nn1. The van der Waals surface area contributed by atoms with E-state index in [2.05, 4.69) is 34.4 Å². The second-order valence-electron chi connectivity index (χ2n) is 6.55. The molecule has 1 aromatic rings. The monoisotopic (exact) mass is 337 g/mol. The zero-order valence-corrected chi connectivity index (χ0v) is 15.2.